The van der Waals surface area contributed by atoms with E-state index in [0.29, 0.717) is 16.5 Å². The average molecular weight is 387 g/mol. The Kier molecular flexibility index (Phi) is 5.22. The maximum atomic E-state index is 12.6. The third kappa shape index (κ3) is 4.04. The van der Waals surface area contributed by atoms with Gasteiger partial charge in [-0.3, -0.25) is 9.59 Å². The van der Waals surface area contributed by atoms with Crippen molar-refractivity contribution in [2.24, 2.45) is 5.92 Å². The molecule has 0 spiro atoms. The number of nitrogens with one attached hydrogen (secondary N) is 2. The highest BCUT2D eigenvalue weighted by Gasteiger charge is 2.35. The number of nitrogens with zero attached hydrogens (tertiary/aromatic N) is 1. The summed E-state index contributed by atoms with van der Waals surface area (Å²) in [5.41, 5.74) is 1.51. The molecule has 2 N–H and O–H groups in total. The maximum absolute atomic E-state index is 12.6. The Bertz CT molecular complexity index is 828. The van der Waals surface area contributed by atoms with E-state index in [1.54, 1.807) is 12.1 Å². The Balaban J connectivity index is 1.40. The van der Waals surface area contributed by atoms with Crippen molar-refractivity contribution < 1.29 is 14.0 Å². The van der Waals surface area contributed by atoms with Gasteiger partial charge >= 0.3 is 0 Å². The number of piperidine rings is 3. The molecule has 1 atom stereocenters. The van der Waals surface area contributed by atoms with Crippen LogP contribution in [0, 0.1) is 5.92 Å². The van der Waals surface area contributed by atoms with Gasteiger partial charge in [-0.2, -0.15) is 0 Å². The maximum Gasteiger partial charge on any atom is 0.261 e. The first-order valence-corrected chi connectivity index (χ1v) is 10.0. The number of amides is 2. The topological polar surface area (TPSA) is 61.4 Å². The van der Waals surface area contributed by atoms with E-state index in [9.17, 15) is 14.0 Å². The number of anilines is 1. The van der Waals surface area contributed by atoms with Gasteiger partial charge in [0.15, 0.2) is 6.67 Å². The van der Waals surface area contributed by atoms with Crippen LogP contribution in [0.1, 0.15) is 22.5 Å². The first-order chi connectivity index (χ1) is 13.1. The molecule has 3 aliphatic heterocycles. The van der Waals surface area contributed by atoms with Crippen LogP contribution in [0.2, 0.25) is 0 Å². The first kappa shape index (κ1) is 18.1. The second kappa shape index (κ2) is 7.78. The molecule has 2 bridgehead atoms. The van der Waals surface area contributed by atoms with Crippen LogP contribution < -0.4 is 10.6 Å². The normalized spacial score (nSPS) is 23.8. The fourth-order valence-corrected chi connectivity index (χ4v) is 4.81. The van der Waals surface area contributed by atoms with Gasteiger partial charge in [-0.1, -0.05) is 12.1 Å². The summed E-state index contributed by atoms with van der Waals surface area (Å²) in [5, 5.41) is 5.69. The molecule has 2 amide bonds. The Hall–Kier alpha value is -2.25. The SMILES string of the molecule is O=C(CF)Nc1ccc(-c2ccc(C(=O)NC3CN4CCC3CC4)s2)cc1. The molecule has 2 aromatic rings. The minimum atomic E-state index is -1.04. The second-order valence-electron chi connectivity index (χ2n) is 7.14. The number of rotatable bonds is 5. The zero-order chi connectivity index (χ0) is 18.8. The molecule has 5 rings (SSSR count). The zero-order valence-corrected chi connectivity index (χ0v) is 15.7. The lowest BCUT2D eigenvalue weighted by Crippen LogP contribution is -2.57. The lowest BCUT2D eigenvalue weighted by molar-refractivity contribution is -0.117. The van der Waals surface area contributed by atoms with Gasteiger partial charge in [0.05, 0.1) is 4.88 Å². The third-order valence-electron chi connectivity index (χ3n) is 5.38. The zero-order valence-electron chi connectivity index (χ0n) is 14.9. The van der Waals surface area contributed by atoms with E-state index in [0.717, 1.165) is 30.1 Å². The highest BCUT2D eigenvalue weighted by Crippen LogP contribution is 2.31. The fraction of sp³-hybridized carbons (Fsp3) is 0.400. The number of hydrogen-bond donors (Lipinski definition) is 2. The van der Waals surface area contributed by atoms with Crippen molar-refractivity contribution in [2.75, 3.05) is 31.6 Å². The van der Waals surface area contributed by atoms with Crippen LogP contribution in [0.25, 0.3) is 10.4 Å². The summed E-state index contributed by atoms with van der Waals surface area (Å²) in [6.07, 6.45) is 2.35. The van der Waals surface area contributed by atoms with Gasteiger partial charge < -0.3 is 15.5 Å². The molecule has 0 radical (unpaired) electrons. The lowest BCUT2D eigenvalue weighted by atomic mass is 9.84. The highest BCUT2D eigenvalue weighted by atomic mass is 32.1. The van der Waals surface area contributed by atoms with E-state index >= 15 is 0 Å². The number of hydrogen-bond acceptors (Lipinski definition) is 4. The van der Waals surface area contributed by atoms with Crippen molar-refractivity contribution in [1.82, 2.24) is 10.2 Å². The van der Waals surface area contributed by atoms with Crippen LogP contribution >= 0.6 is 11.3 Å². The smallest absolute Gasteiger partial charge is 0.261 e. The van der Waals surface area contributed by atoms with Gasteiger partial charge in [-0.05, 0) is 61.7 Å². The average Bonchev–Trinajstić information content (AvgIpc) is 3.20. The number of benzene rings is 1. The van der Waals surface area contributed by atoms with Crippen LogP contribution in [-0.2, 0) is 4.79 Å². The molecule has 0 aliphatic carbocycles. The van der Waals surface area contributed by atoms with Crippen molar-refractivity contribution in [3.05, 3.63) is 41.3 Å². The van der Waals surface area contributed by atoms with Crippen molar-refractivity contribution in [2.45, 2.75) is 18.9 Å². The third-order valence-corrected chi connectivity index (χ3v) is 6.51. The minimum Gasteiger partial charge on any atom is -0.347 e. The van der Waals surface area contributed by atoms with E-state index in [-0.39, 0.29) is 11.9 Å². The van der Waals surface area contributed by atoms with Crippen LogP contribution in [0.15, 0.2) is 36.4 Å². The molecule has 27 heavy (non-hydrogen) atoms. The number of alkyl halides is 1. The van der Waals surface area contributed by atoms with Gasteiger partial charge in [0.1, 0.15) is 0 Å². The van der Waals surface area contributed by atoms with Crippen LogP contribution in [0.4, 0.5) is 10.1 Å². The molecule has 0 saturated carbocycles. The first-order valence-electron chi connectivity index (χ1n) is 9.21. The monoisotopic (exact) mass is 387 g/mol. The molecule has 3 aliphatic rings. The predicted molar refractivity (Wildman–Crippen MR) is 105 cm³/mol. The largest absolute Gasteiger partial charge is 0.347 e. The lowest BCUT2D eigenvalue weighted by Gasteiger charge is -2.44. The van der Waals surface area contributed by atoms with E-state index in [1.165, 1.54) is 24.2 Å². The highest BCUT2D eigenvalue weighted by molar-refractivity contribution is 7.17. The minimum absolute atomic E-state index is 0.00294. The van der Waals surface area contributed by atoms with E-state index in [4.69, 9.17) is 0 Å². The summed E-state index contributed by atoms with van der Waals surface area (Å²) >= 11 is 1.45. The Labute approximate surface area is 161 Å². The number of thiophene rings is 1. The molecule has 1 aromatic heterocycles. The van der Waals surface area contributed by atoms with Crippen molar-refractivity contribution in [3.8, 4) is 10.4 Å². The molecule has 5 nitrogen and oxygen atoms in total. The number of halogens is 1. The number of carbonyl (C=O) groups is 2. The summed E-state index contributed by atoms with van der Waals surface area (Å²) < 4.78 is 12.3. The second-order valence-corrected chi connectivity index (χ2v) is 8.22. The van der Waals surface area contributed by atoms with Gasteiger partial charge in [-0.25, -0.2) is 4.39 Å². The summed E-state index contributed by atoms with van der Waals surface area (Å²) in [6.45, 7) is 2.23. The summed E-state index contributed by atoms with van der Waals surface area (Å²) in [6, 6.07) is 11.2. The molecule has 3 fully saturated rings. The van der Waals surface area contributed by atoms with E-state index in [2.05, 4.69) is 15.5 Å². The Morgan fingerprint density at radius 2 is 1.85 bits per heavy atom. The molecule has 3 saturated heterocycles. The van der Waals surface area contributed by atoms with Crippen molar-refractivity contribution in [1.29, 1.82) is 0 Å². The number of fused-ring (bicyclic) bond motifs is 3. The van der Waals surface area contributed by atoms with E-state index in [1.807, 2.05) is 24.3 Å². The Morgan fingerprint density at radius 3 is 2.48 bits per heavy atom. The molecule has 1 unspecified atom stereocenters. The predicted octanol–water partition coefficient (Wildman–Crippen LogP) is 3.15. The standard InChI is InChI=1S/C20H22FN3O2S/c21-11-19(25)22-15-3-1-14(2-4-15)17-5-6-18(27-17)20(26)23-16-12-24-9-7-13(16)8-10-24/h1-6,13,16H,7-12H2,(H,22,25)(H,23,26). The molecule has 1 aromatic carbocycles. The molecule has 7 heteroatoms. The summed E-state index contributed by atoms with van der Waals surface area (Å²) in [5.74, 6) is -0.0622. The van der Waals surface area contributed by atoms with Crippen molar-refractivity contribution in [3.63, 3.8) is 0 Å². The van der Waals surface area contributed by atoms with Gasteiger partial charge in [-0.15, -0.1) is 11.3 Å². The quantitative estimate of drug-likeness (QED) is 0.829. The Morgan fingerprint density at radius 1 is 1.11 bits per heavy atom. The van der Waals surface area contributed by atoms with Gasteiger partial charge in [0.2, 0.25) is 0 Å². The van der Waals surface area contributed by atoms with Gasteiger partial charge in [0.25, 0.3) is 11.8 Å². The molecular formula is C20H22FN3O2S. The van der Waals surface area contributed by atoms with Crippen LogP contribution in [0.3, 0.4) is 0 Å². The summed E-state index contributed by atoms with van der Waals surface area (Å²) in [7, 11) is 0. The number of carbonyl (C=O) groups excluding carboxylic acids is 2. The fourth-order valence-electron chi connectivity index (χ4n) is 3.90. The summed E-state index contributed by atoms with van der Waals surface area (Å²) in [4.78, 5) is 27.8. The van der Waals surface area contributed by atoms with E-state index < -0.39 is 12.6 Å². The van der Waals surface area contributed by atoms with Crippen molar-refractivity contribution >= 4 is 28.8 Å². The molecule has 4 heterocycles. The van der Waals surface area contributed by atoms with Crippen LogP contribution in [0.5, 0.6) is 0 Å². The molecular weight excluding hydrogens is 365 g/mol. The molecule has 142 valence electrons. The van der Waals surface area contributed by atoms with Crippen LogP contribution in [-0.4, -0.2) is 49.1 Å². The van der Waals surface area contributed by atoms with Gasteiger partial charge in [0, 0.05) is 23.2 Å².